The van der Waals surface area contributed by atoms with Crippen molar-refractivity contribution in [2.45, 2.75) is 52.4 Å². The molecule has 0 spiro atoms. The zero-order valence-electron chi connectivity index (χ0n) is 14.8. The average Bonchev–Trinajstić information content (AvgIpc) is 2.65. The van der Waals surface area contributed by atoms with Gasteiger partial charge in [0.1, 0.15) is 0 Å². The molecule has 0 heterocycles. The molecule has 0 amide bonds. The van der Waals surface area contributed by atoms with E-state index < -0.39 is 40.6 Å². The Kier molecular flexibility index (Phi) is 8.07. The summed E-state index contributed by atoms with van der Waals surface area (Å²) in [5, 5.41) is 0. The molecule has 0 aliphatic carbocycles. The minimum atomic E-state index is -2.11. The molecule has 0 saturated heterocycles. The molecule has 5 heteroatoms. The van der Waals surface area contributed by atoms with E-state index in [0.29, 0.717) is 12.3 Å². The summed E-state index contributed by atoms with van der Waals surface area (Å²) in [6.07, 6.45) is 1.52. The van der Waals surface area contributed by atoms with E-state index in [2.05, 4.69) is 44.2 Å². The fourth-order valence-corrected chi connectivity index (χ4v) is 2.28. The summed E-state index contributed by atoms with van der Waals surface area (Å²) in [5.74, 6) is -9.36. The third-order valence-corrected chi connectivity index (χ3v) is 4.33. The second-order valence-electron chi connectivity index (χ2n) is 6.01. The Bertz CT molecular complexity index is 653. The monoisotopic (exact) mass is 358 g/mol. The quantitative estimate of drug-likeness (QED) is 0.311. The Hall–Kier alpha value is -1.91. The Morgan fingerprint density at radius 3 is 1.44 bits per heavy atom. The molecule has 2 rings (SSSR count). The van der Waals surface area contributed by atoms with Gasteiger partial charge in [-0.1, -0.05) is 58.0 Å². The maximum Gasteiger partial charge on any atom is 0.200 e. The van der Waals surface area contributed by atoms with Gasteiger partial charge in [-0.15, -0.1) is 0 Å². The molecule has 2 aromatic carbocycles. The van der Waals surface area contributed by atoms with Crippen LogP contribution in [0.4, 0.5) is 22.0 Å². The molecule has 0 bridgehead atoms. The predicted molar refractivity (Wildman–Crippen MR) is 90.1 cm³/mol. The second kappa shape index (κ2) is 9.54. The van der Waals surface area contributed by atoms with Crippen molar-refractivity contribution in [1.29, 1.82) is 0 Å². The lowest BCUT2D eigenvalue weighted by atomic mass is 9.97. The van der Waals surface area contributed by atoms with E-state index in [-0.39, 0.29) is 0 Å². The molecule has 0 radical (unpaired) electrons. The van der Waals surface area contributed by atoms with Gasteiger partial charge in [-0.25, -0.2) is 22.0 Å². The molecule has 0 aromatic heterocycles. The van der Waals surface area contributed by atoms with Crippen molar-refractivity contribution < 1.29 is 22.0 Å². The predicted octanol–water partition coefficient (Wildman–Crippen LogP) is 7.10. The van der Waals surface area contributed by atoms with Crippen molar-refractivity contribution in [3.8, 4) is 0 Å². The zero-order valence-corrected chi connectivity index (χ0v) is 14.8. The Morgan fingerprint density at radius 1 is 0.640 bits per heavy atom. The van der Waals surface area contributed by atoms with Crippen LogP contribution in [-0.4, -0.2) is 0 Å². The molecule has 25 heavy (non-hydrogen) atoms. The van der Waals surface area contributed by atoms with Crippen LogP contribution >= 0.6 is 0 Å². The van der Waals surface area contributed by atoms with Gasteiger partial charge in [0.2, 0.25) is 5.82 Å². The van der Waals surface area contributed by atoms with Crippen molar-refractivity contribution in [3.05, 3.63) is 70.5 Å². The standard InChI is InChI=1S/C10H9F5.C10H14/c1-3-4(2)5-6(11)8(13)10(15)9(14)7(5)12;1-3-9(2)10-7-5-4-6-8-10/h4H,3H2,1-2H3;4-9H,3H2,1-2H3. The minimum absolute atomic E-state index is 0.290. The van der Waals surface area contributed by atoms with Crippen molar-refractivity contribution in [2.75, 3.05) is 0 Å². The van der Waals surface area contributed by atoms with Crippen molar-refractivity contribution in [1.82, 2.24) is 0 Å². The van der Waals surface area contributed by atoms with E-state index in [4.69, 9.17) is 0 Å². The topological polar surface area (TPSA) is 0 Å². The van der Waals surface area contributed by atoms with Gasteiger partial charge >= 0.3 is 0 Å². The number of rotatable bonds is 4. The number of hydrogen-bond acceptors (Lipinski definition) is 0. The van der Waals surface area contributed by atoms with Gasteiger partial charge in [0, 0.05) is 5.56 Å². The Balaban J connectivity index is 0.000000271. The van der Waals surface area contributed by atoms with E-state index >= 15 is 0 Å². The summed E-state index contributed by atoms with van der Waals surface area (Å²) in [7, 11) is 0. The zero-order chi connectivity index (χ0) is 19.1. The van der Waals surface area contributed by atoms with Crippen LogP contribution in [0.5, 0.6) is 0 Å². The smallest absolute Gasteiger partial charge is 0.200 e. The first-order valence-electron chi connectivity index (χ1n) is 8.32. The lowest BCUT2D eigenvalue weighted by Crippen LogP contribution is -2.09. The highest BCUT2D eigenvalue weighted by atomic mass is 19.2. The summed E-state index contributed by atoms with van der Waals surface area (Å²) in [6.45, 7) is 7.48. The lowest BCUT2D eigenvalue weighted by Gasteiger charge is -2.12. The van der Waals surface area contributed by atoms with Crippen LogP contribution in [0.15, 0.2) is 30.3 Å². The maximum atomic E-state index is 13.1. The normalized spacial score (nSPS) is 13.0. The molecule has 0 N–H and O–H groups in total. The Morgan fingerprint density at radius 2 is 1.04 bits per heavy atom. The van der Waals surface area contributed by atoms with Crippen LogP contribution in [0.3, 0.4) is 0 Å². The van der Waals surface area contributed by atoms with Gasteiger partial charge < -0.3 is 0 Å². The average molecular weight is 358 g/mol. The fraction of sp³-hybridized carbons (Fsp3) is 0.400. The fourth-order valence-electron chi connectivity index (χ4n) is 2.28. The molecule has 0 fully saturated rings. The van der Waals surface area contributed by atoms with Crippen molar-refractivity contribution in [3.63, 3.8) is 0 Å². The summed E-state index contributed by atoms with van der Waals surface area (Å²) >= 11 is 0. The summed E-state index contributed by atoms with van der Waals surface area (Å²) in [6, 6.07) is 10.6. The molecule has 138 valence electrons. The highest BCUT2D eigenvalue weighted by Crippen LogP contribution is 2.30. The first-order chi connectivity index (χ1) is 11.8. The van der Waals surface area contributed by atoms with Gasteiger partial charge in [0.15, 0.2) is 23.3 Å². The molecular weight excluding hydrogens is 335 g/mol. The Labute approximate surface area is 145 Å². The van der Waals surface area contributed by atoms with Crippen LogP contribution in [0, 0.1) is 29.1 Å². The maximum absolute atomic E-state index is 13.1. The third kappa shape index (κ3) is 5.03. The van der Waals surface area contributed by atoms with Gasteiger partial charge in [0.25, 0.3) is 0 Å². The number of benzene rings is 2. The summed E-state index contributed by atoms with van der Waals surface area (Å²) < 4.78 is 64.4. The van der Waals surface area contributed by atoms with Gasteiger partial charge in [-0.3, -0.25) is 0 Å². The van der Waals surface area contributed by atoms with Crippen LogP contribution < -0.4 is 0 Å². The molecule has 0 nitrogen and oxygen atoms in total. The summed E-state index contributed by atoms with van der Waals surface area (Å²) in [5.41, 5.74) is 0.707. The largest absolute Gasteiger partial charge is 0.203 e. The first-order valence-corrected chi connectivity index (χ1v) is 8.32. The van der Waals surface area contributed by atoms with Crippen LogP contribution in [-0.2, 0) is 0 Å². The van der Waals surface area contributed by atoms with Crippen molar-refractivity contribution >= 4 is 0 Å². The molecule has 2 unspecified atom stereocenters. The molecular formula is C20H23F5. The van der Waals surface area contributed by atoms with Crippen LogP contribution in [0.2, 0.25) is 0 Å². The number of hydrogen-bond donors (Lipinski definition) is 0. The van der Waals surface area contributed by atoms with E-state index in [0.717, 1.165) is 0 Å². The van der Waals surface area contributed by atoms with Crippen LogP contribution in [0.1, 0.15) is 63.5 Å². The molecule has 0 aliphatic rings. The first kappa shape index (κ1) is 21.1. The highest BCUT2D eigenvalue weighted by Gasteiger charge is 2.27. The SMILES string of the molecule is CCC(C)c1c(F)c(F)c(F)c(F)c1F.CCC(C)c1ccccc1. The molecule has 2 aromatic rings. The summed E-state index contributed by atoms with van der Waals surface area (Å²) in [4.78, 5) is 0. The lowest BCUT2D eigenvalue weighted by molar-refractivity contribution is 0.364. The number of halogens is 5. The van der Waals surface area contributed by atoms with Gasteiger partial charge in [0.05, 0.1) is 0 Å². The van der Waals surface area contributed by atoms with E-state index in [1.807, 2.05) is 0 Å². The van der Waals surface area contributed by atoms with Gasteiger partial charge in [-0.05, 0) is 30.2 Å². The molecule has 2 atom stereocenters. The minimum Gasteiger partial charge on any atom is -0.203 e. The second-order valence-corrected chi connectivity index (χ2v) is 6.01. The van der Waals surface area contributed by atoms with E-state index in [9.17, 15) is 22.0 Å². The van der Waals surface area contributed by atoms with E-state index in [1.165, 1.54) is 18.9 Å². The highest BCUT2D eigenvalue weighted by molar-refractivity contribution is 5.26. The third-order valence-electron chi connectivity index (χ3n) is 4.33. The van der Waals surface area contributed by atoms with Crippen molar-refractivity contribution in [2.24, 2.45) is 0 Å². The molecule has 0 aliphatic heterocycles. The van der Waals surface area contributed by atoms with E-state index in [1.54, 1.807) is 6.92 Å². The molecule has 0 saturated carbocycles. The van der Waals surface area contributed by atoms with Gasteiger partial charge in [-0.2, -0.15) is 0 Å². The van der Waals surface area contributed by atoms with Crippen LogP contribution in [0.25, 0.3) is 0 Å².